The van der Waals surface area contributed by atoms with Crippen LogP contribution in [0.3, 0.4) is 0 Å². The van der Waals surface area contributed by atoms with E-state index in [0.717, 1.165) is 6.07 Å². The molecule has 0 saturated heterocycles. The number of nitrogens with zero attached hydrogens (tertiary/aromatic N) is 3. The first-order chi connectivity index (χ1) is 10.4. The summed E-state index contributed by atoms with van der Waals surface area (Å²) in [5.74, 6) is 0. The predicted octanol–water partition coefficient (Wildman–Crippen LogP) is 1.47. The molecule has 0 aliphatic carbocycles. The maximum absolute atomic E-state index is 12.2. The lowest BCUT2D eigenvalue weighted by Crippen LogP contribution is -2.26. The van der Waals surface area contributed by atoms with Crippen molar-refractivity contribution in [3.05, 3.63) is 52.3 Å². The molecule has 0 radical (unpaired) electrons. The SMILES string of the molecule is Cc1ccc([N+](=O)[O-])cc1S(=O)(=O)NCCCn1cccn1. The molecule has 0 unspecified atom stereocenters. The number of nitro groups is 1. The highest BCUT2D eigenvalue weighted by atomic mass is 32.2. The van der Waals surface area contributed by atoms with Gasteiger partial charge >= 0.3 is 0 Å². The molecule has 0 spiro atoms. The van der Waals surface area contributed by atoms with Crippen LogP contribution in [0.4, 0.5) is 5.69 Å². The molecule has 1 aromatic heterocycles. The highest BCUT2D eigenvalue weighted by molar-refractivity contribution is 7.89. The Hall–Kier alpha value is -2.26. The van der Waals surface area contributed by atoms with Crippen molar-refractivity contribution in [2.75, 3.05) is 6.54 Å². The summed E-state index contributed by atoms with van der Waals surface area (Å²) in [6.07, 6.45) is 4.00. The number of hydrogen-bond donors (Lipinski definition) is 1. The monoisotopic (exact) mass is 324 g/mol. The summed E-state index contributed by atoms with van der Waals surface area (Å²) in [5.41, 5.74) is 0.215. The number of hydrogen-bond acceptors (Lipinski definition) is 5. The number of aromatic nitrogens is 2. The van der Waals surface area contributed by atoms with E-state index in [2.05, 4.69) is 9.82 Å². The molecule has 0 aliphatic rings. The van der Waals surface area contributed by atoms with Crippen molar-refractivity contribution in [3.8, 4) is 0 Å². The largest absolute Gasteiger partial charge is 0.273 e. The van der Waals surface area contributed by atoms with Gasteiger partial charge in [-0.25, -0.2) is 13.1 Å². The van der Waals surface area contributed by atoms with Crippen LogP contribution in [0.1, 0.15) is 12.0 Å². The Bertz CT molecular complexity index is 756. The third kappa shape index (κ3) is 3.89. The van der Waals surface area contributed by atoms with Crippen LogP contribution in [0.5, 0.6) is 0 Å². The van der Waals surface area contributed by atoms with Crippen LogP contribution in [-0.2, 0) is 16.6 Å². The van der Waals surface area contributed by atoms with Crippen molar-refractivity contribution in [3.63, 3.8) is 0 Å². The summed E-state index contributed by atoms with van der Waals surface area (Å²) >= 11 is 0. The zero-order valence-corrected chi connectivity index (χ0v) is 12.8. The average Bonchev–Trinajstić information content (AvgIpc) is 2.97. The van der Waals surface area contributed by atoms with Gasteiger partial charge in [0.1, 0.15) is 0 Å². The van der Waals surface area contributed by atoms with Crippen molar-refractivity contribution >= 4 is 15.7 Å². The van der Waals surface area contributed by atoms with Crippen LogP contribution < -0.4 is 4.72 Å². The first-order valence-electron chi connectivity index (χ1n) is 6.62. The molecule has 1 N–H and O–H groups in total. The minimum atomic E-state index is -3.77. The minimum Gasteiger partial charge on any atom is -0.273 e. The van der Waals surface area contributed by atoms with Gasteiger partial charge in [0.25, 0.3) is 5.69 Å². The Kier molecular flexibility index (Phi) is 4.88. The smallest absolute Gasteiger partial charge is 0.270 e. The summed E-state index contributed by atoms with van der Waals surface area (Å²) in [4.78, 5) is 10.1. The van der Waals surface area contributed by atoms with Crippen LogP contribution in [0.2, 0.25) is 0 Å². The summed E-state index contributed by atoms with van der Waals surface area (Å²) in [5, 5.41) is 14.8. The number of non-ortho nitro benzene ring substituents is 1. The third-order valence-corrected chi connectivity index (χ3v) is 4.69. The highest BCUT2D eigenvalue weighted by Crippen LogP contribution is 2.21. The fourth-order valence-electron chi connectivity index (χ4n) is 1.95. The van der Waals surface area contributed by atoms with Gasteiger partial charge in [0, 0.05) is 37.6 Å². The lowest BCUT2D eigenvalue weighted by molar-refractivity contribution is -0.385. The molecule has 0 aliphatic heterocycles. The number of aryl methyl sites for hydroxylation is 2. The molecule has 1 heterocycles. The van der Waals surface area contributed by atoms with Gasteiger partial charge in [-0.1, -0.05) is 6.07 Å². The molecule has 2 aromatic rings. The Morgan fingerprint density at radius 3 is 2.82 bits per heavy atom. The van der Waals surface area contributed by atoms with Gasteiger partial charge < -0.3 is 0 Å². The summed E-state index contributed by atoms with van der Waals surface area (Å²) in [6, 6.07) is 5.57. The molecule has 0 saturated carbocycles. The molecule has 22 heavy (non-hydrogen) atoms. The molecule has 8 nitrogen and oxygen atoms in total. The quantitative estimate of drug-likeness (QED) is 0.471. The molecule has 118 valence electrons. The van der Waals surface area contributed by atoms with E-state index in [9.17, 15) is 18.5 Å². The summed E-state index contributed by atoms with van der Waals surface area (Å²) < 4.78 is 28.6. The van der Waals surface area contributed by atoms with Crippen LogP contribution in [0, 0.1) is 17.0 Å². The third-order valence-electron chi connectivity index (χ3n) is 3.09. The lowest BCUT2D eigenvalue weighted by Gasteiger charge is -2.09. The second kappa shape index (κ2) is 6.67. The van der Waals surface area contributed by atoms with Gasteiger partial charge in [-0.3, -0.25) is 14.8 Å². The second-order valence-electron chi connectivity index (χ2n) is 4.73. The summed E-state index contributed by atoms with van der Waals surface area (Å²) in [7, 11) is -3.77. The second-order valence-corrected chi connectivity index (χ2v) is 6.46. The Labute approximate surface area is 128 Å². The Morgan fingerprint density at radius 2 is 2.18 bits per heavy atom. The number of sulfonamides is 1. The minimum absolute atomic E-state index is 0.0687. The van der Waals surface area contributed by atoms with Gasteiger partial charge in [0.15, 0.2) is 0 Å². The number of nitro benzene ring substituents is 1. The van der Waals surface area contributed by atoms with Crippen LogP contribution in [0.25, 0.3) is 0 Å². The molecule has 1 aromatic carbocycles. The Balaban J connectivity index is 2.03. The van der Waals surface area contributed by atoms with Gasteiger partial charge in [0.05, 0.1) is 9.82 Å². The molecular formula is C13H16N4O4S. The van der Waals surface area contributed by atoms with Crippen molar-refractivity contribution in [2.24, 2.45) is 0 Å². The number of benzene rings is 1. The standard InChI is InChI=1S/C13H16N4O4S/c1-11-4-5-12(17(18)19)10-13(11)22(20,21)15-7-3-9-16-8-2-6-14-16/h2,4-6,8,10,15H,3,7,9H2,1H3. The van der Waals surface area contributed by atoms with E-state index in [1.807, 2.05) is 0 Å². The van der Waals surface area contributed by atoms with Gasteiger partial charge in [-0.15, -0.1) is 0 Å². The van der Waals surface area contributed by atoms with Crippen molar-refractivity contribution < 1.29 is 13.3 Å². The molecule has 0 atom stereocenters. The lowest BCUT2D eigenvalue weighted by atomic mass is 10.2. The fourth-order valence-corrected chi connectivity index (χ4v) is 3.29. The first kappa shape index (κ1) is 16.1. The normalized spacial score (nSPS) is 11.5. The summed E-state index contributed by atoms with van der Waals surface area (Å²) in [6.45, 7) is 2.41. The molecule has 9 heteroatoms. The molecule has 0 amide bonds. The first-order valence-corrected chi connectivity index (χ1v) is 8.10. The molecular weight excluding hydrogens is 308 g/mol. The zero-order chi connectivity index (χ0) is 16.2. The van der Waals surface area contributed by atoms with E-state index in [1.165, 1.54) is 12.1 Å². The van der Waals surface area contributed by atoms with Gasteiger partial charge in [-0.2, -0.15) is 5.10 Å². The van der Waals surface area contributed by atoms with E-state index in [0.29, 0.717) is 18.5 Å². The van der Waals surface area contributed by atoms with E-state index in [1.54, 1.807) is 30.1 Å². The van der Waals surface area contributed by atoms with E-state index < -0.39 is 14.9 Å². The topological polar surface area (TPSA) is 107 Å². The fraction of sp³-hybridized carbons (Fsp3) is 0.308. The Morgan fingerprint density at radius 1 is 1.41 bits per heavy atom. The van der Waals surface area contributed by atoms with Crippen LogP contribution >= 0.6 is 0 Å². The highest BCUT2D eigenvalue weighted by Gasteiger charge is 2.19. The van der Waals surface area contributed by atoms with Gasteiger partial charge in [0.2, 0.25) is 10.0 Å². The van der Waals surface area contributed by atoms with E-state index in [4.69, 9.17) is 0 Å². The van der Waals surface area contributed by atoms with Crippen molar-refractivity contribution in [1.82, 2.24) is 14.5 Å². The maximum Gasteiger partial charge on any atom is 0.270 e. The number of rotatable bonds is 7. The van der Waals surface area contributed by atoms with Crippen LogP contribution in [0.15, 0.2) is 41.6 Å². The average molecular weight is 324 g/mol. The maximum atomic E-state index is 12.2. The predicted molar refractivity (Wildman–Crippen MR) is 79.9 cm³/mol. The van der Waals surface area contributed by atoms with Gasteiger partial charge in [-0.05, 0) is 25.0 Å². The van der Waals surface area contributed by atoms with Crippen molar-refractivity contribution in [1.29, 1.82) is 0 Å². The molecule has 0 bridgehead atoms. The van der Waals surface area contributed by atoms with Crippen LogP contribution in [-0.4, -0.2) is 29.7 Å². The van der Waals surface area contributed by atoms with E-state index in [-0.39, 0.29) is 17.1 Å². The molecule has 2 rings (SSSR count). The van der Waals surface area contributed by atoms with Crippen molar-refractivity contribution in [2.45, 2.75) is 24.8 Å². The zero-order valence-electron chi connectivity index (χ0n) is 12.0. The molecule has 0 fully saturated rings. The number of nitrogens with one attached hydrogen (secondary N) is 1. The van der Waals surface area contributed by atoms with E-state index >= 15 is 0 Å².